The number of halogens is 2. The summed E-state index contributed by atoms with van der Waals surface area (Å²) in [5, 5.41) is 1.27. The van der Waals surface area contributed by atoms with Gasteiger partial charge >= 0.3 is 0 Å². The molecule has 0 saturated carbocycles. The fourth-order valence-electron chi connectivity index (χ4n) is 5.13. The van der Waals surface area contributed by atoms with Crippen LogP contribution in [0.15, 0.2) is 72.8 Å². The molecule has 0 N–H and O–H groups in total. The predicted molar refractivity (Wildman–Crippen MR) is 158 cm³/mol. The fraction of sp³-hybridized carbons (Fsp3) is 0.387. The number of benzene rings is 3. The van der Waals surface area contributed by atoms with Crippen molar-refractivity contribution in [3.8, 4) is 17.2 Å². The minimum Gasteiger partial charge on any atom is -0.491 e. The number of ether oxygens (including phenoxy) is 3. The van der Waals surface area contributed by atoms with E-state index in [2.05, 4.69) is 22.9 Å². The minimum absolute atomic E-state index is 0.0966. The van der Waals surface area contributed by atoms with Gasteiger partial charge in [0, 0.05) is 61.4 Å². The van der Waals surface area contributed by atoms with Crippen molar-refractivity contribution in [2.45, 2.75) is 18.6 Å². The molecule has 2 saturated heterocycles. The zero-order chi connectivity index (χ0) is 28.0. The van der Waals surface area contributed by atoms with Crippen LogP contribution in [0, 0.1) is 0 Å². The Morgan fingerprint density at radius 2 is 1.68 bits per heavy atom. The molecule has 2 fully saturated rings. The van der Waals surface area contributed by atoms with Crippen LogP contribution < -0.4 is 9.47 Å². The van der Waals surface area contributed by atoms with Gasteiger partial charge in [-0.25, -0.2) is 0 Å². The van der Waals surface area contributed by atoms with Crippen LogP contribution in [0.2, 0.25) is 10.0 Å². The van der Waals surface area contributed by atoms with Crippen molar-refractivity contribution in [1.82, 2.24) is 14.7 Å². The maximum absolute atomic E-state index is 13.5. The number of para-hydroxylation sites is 1. The third-order valence-corrected chi connectivity index (χ3v) is 7.85. The largest absolute Gasteiger partial charge is 0.491 e. The van der Waals surface area contributed by atoms with Crippen LogP contribution in [0.5, 0.6) is 17.2 Å². The molecule has 40 heavy (non-hydrogen) atoms. The monoisotopic (exact) mass is 583 g/mol. The molecule has 0 aliphatic carbocycles. The van der Waals surface area contributed by atoms with Gasteiger partial charge in [-0.1, -0.05) is 47.5 Å². The molecular weight excluding hydrogens is 549 g/mol. The lowest BCUT2D eigenvalue weighted by Gasteiger charge is -2.43. The van der Waals surface area contributed by atoms with Gasteiger partial charge in [-0.05, 0) is 55.6 Å². The number of hydrogen-bond acceptors (Lipinski definition) is 6. The summed E-state index contributed by atoms with van der Waals surface area (Å²) in [4.78, 5) is 20.0. The number of nitrogens with zero attached hydrogens (tertiary/aromatic N) is 3. The Hall–Kier alpha value is -2.81. The third-order valence-electron chi connectivity index (χ3n) is 7.36. The number of piperazine rings is 1. The SMILES string of the molecule is CN1CCN(C(=O)C[C@@]2(COc3ccc(Cl)cc3)CN(Cc3ccccc3Oc3cccc(Cl)c3)CCO2)CC1. The number of carbonyl (C=O) groups is 1. The van der Waals surface area contributed by atoms with E-state index in [1.54, 1.807) is 18.2 Å². The van der Waals surface area contributed by atoms with Crippen molar-refractivity contribution in [3.63, 3.8) is 0 Å². The highest BCUT2D eigenvalue weighted by Gasteiger charge is 2.41. The lowest BCUT2D eigenvalue weighted by molar-refractivity contribution is -0.158. The molecule has 1 amide bonds. The van der Waals surface area contributed by atoms with Gasteiger partial charge < -0.3 is 24.0 Å². The Balaban J connectivity index is 1.32. The maximum atomic E-state index is 13.5. The molecule has 0 unspecified atom stereocenters. The summed E-state index contributed by atoms with van der Waals surface area (Å²) < 4.78 is 18.8. The maximum Gasteiger partial charge on any atom is 0.225 e. The smallest absolute Gasteiger partial charge is 0.225 e. The second kappa shape index (κ2) is 13.2. The topological polar surface area (TPSA) is 54.5 Å². The molecule has 2 aliphatic rings. The number of amides is 1. The number of hydrogen-bond donors (Lipinski definition) is 0. The lowest BCUT2D eigenvalue weighted by Crippen LogP contribution is -2.58. The van der Waals surface area contributed by atoms with Gasteiger partial charge in [-0.3, -0.25) is 9.69 Å². The Kier molecular flexibility index (Phi) is 9.50. The second-order valence-corrected chi connectivity index (χ2v) is 11.4. The molecule has 3 aromatic carbocycles. The molecule has 9 heteroatoms. The molecule has 1 atom stereocenters. The number of morpholine rings is 1. The van der Waals surface area contributed by atoms with E-state index >= 15 is 0 Å². The average Bonchev–Trinajstić information content (AvgIpc) is 2.94. The van der Waals surface area contributed by atoms with Crippen LogP contribution in [0.25, 0.3) is 0 Å². The van der Waals surface area contributed by atoms with Gasteiger partial charge in [-0.15, -0.1) is 0 Å². The van der Waals surface area contributed by atoms with Crippen molar-refractivity contribution in [2.75, 3.05) is 59.5 Å². The molecule has 3 aromatic rings. The van der Waals surface area contributed by atoms with Gasteiger partial charge in [-0.2, -0.15) is 0 Å². The van der Waals surface area contributed by atoms with Gasteiger partial charge in [0.05, 0.1) is 13.0 Å². The van der Waals surface area contributed by atoms with Crippen LogP contribution in [-0.4, -0.2) is 85.7 Å². The van der Waals surface area contributed by atoms with E-state index in [1.165, 1.54) is 0 Å². The van der Waals surface area contributed by atoms with E-state index in [0.717, 1.165) is 44.0 Å². The summed E-state index contributed by atoms with van der Waals surface area (Å²) in [6.07, 6.45) is 0.251. The predicted octanol–water partition coefficient (Wildman–Crippen LogP) is 5.60. The number of rotatable bonds is 9. The van der Waals surface area contributed by atoms with E-state index in [4.69, 9.17) is 37.4 Å². The van der Waals surface area contributed by atoms with E-state index in [0.29, 0.717) is 41.2 Å². The number of carbonyl (C=O) groups excluding carboxylic acids is 1. The minimum atomic E-state index is -0.791. The zero-order valence-corrected chi connectivity index (χ0v) is 24.2. The van der Waals surface area contributed by atoms with Crippen LogP contribution in [0.3, 0.4) is 0 Å². The second-order valence-electron chi connectivity index (χ2n) is 10.5. The molecule has 0 aromatic heterocycles. The highest BCUT2D eigenvalue weighted by molar-refractivity contribution is 6.30. The molecule has 5 rings (SSSR count). The van der Waals surface area contributed by atoms with Crippen LogP contribution in [-0.2, 0) is 16.1 Å². The Bertz CT molecular complexity index is 1280. The molecular formula is C31H35Cl2N3O4. The van der Waals surface area contributed by atoms with E-state index in [-0.39, 0.29) is 18.9 Å². The Labute approximate surface area is 246 Å². The Morgan fingerprint density at radius 3 is 2.45 bits per heavy atom. The normalized spacial score (nSPS) is 20.3. The standard InChI is InChI=1S/C31H35Cl2N3O4/c1-34-13-15-36(16-14-34)30(37)20-31(23-38-27-11-9-25(32)10-12-27)22-35(17-18-39-31)21-24-5-2-3-8-29(24)40-28-7-4-6-26(33)19-28/h2-12,19H,13-18,20-23H2,1H3/t31-/m0/s1. The quantitative estimate of drug-likeness (QED) is 0.327. The first kappa shape index (κ1) is 28.7. The summed E-state index contributed by atoms with van der Waals surface area (Å²) >= 11 is 12.2. The molecule has 0 radical (unpaired) electrons. The van der Waals surface area contributed by atoms with Crippen molar-refractivity contribution in [2.24, 2.45) is 0 Å². The van der Waals surface area contributed by atoms with Gasteiger partial charge in [0.15, 0.2) is 0 Å². The number of likely N-dealkylation sites (N-methyl/N-ethyl adjacent to an activating group) is 1. The highest BCUT2D eigenvalue weighted by Crippen LogP contribution is 2.31. The third kappa shape index (κ3) is 7.68. The van der Waals surface area contributed by atoms with Gasteiger partial charge in [0.25, 0.3) is 0 Å². The molecule has 7 nitrogen and oxygen atoms in total. The summed E-state index contributed by atoms with van der Waals surface area (Å²) in [7, 11) is 2.08. The summed E-state index contributed by atoms with van der Waals surface area (Å²) in [6, 6.07) is 22.6. The van der Waals surface area contributed by atoms with Crippen LogP contribution >= 0.6 is 23.2 Å². The molecule has 0 spiro atoms. The lowest BCUT2D eigenvalue weighted by atomic mass is 9.96. The average molecular weight is 585 g/mol. The van der Waals surface area contributed by atoms with Gasteiger partial charge in [0.2, 0.25) is 5.91 Å². The summed E-state index contributed by atoms with van der Waals surface area (Å²) in [6.45, 7) is 5.87. The van der Waals surface area contributed by atoms with Gasteiger partial charge in [0.1, 0.15) is 29.5 Å². The molecule has 212 valence electrons. The van der Waals surface area contributed by atoms with E-state index < -0.39 is 5.60 Å². The van der Waals surface area contributed by atoms with Crippen molar-refractivity contribution < 1.29 is 19.0 Å². The van der Waals surface area contributed by atoms with E-state index in [1.807, 2.05) is 53.4 Å². The van der Waals surface area contributed by atoms with Crippen molar-refractivity contribution in [3.05, 3.63) is 88.4 Å². The fourth-order valence-corrected chi connectivity index (χ4v) is 5.43. The van der Waals surface area contributed by atoms with Crippen molar-refractivity contribution >= 4 is 29.1 Å². The van der Waals surface area contributed by atoms with Crippen LogP contribution in [0.4, 0.5) is 0 Å². The molecule has 0 bridgehead atoms. The molecule has 2 aliphatic heterocycles. The summed E-state index contributed by atoms with van der Waals surface area (Å²) in [5.41, 5.74) is 0.253. The summed E-state index contributed by atoms with van der Waals surface area (Å²) in [5.74, 6) is 2.24. The first-order valence-electron chi connectivity index (χ1n) is 13.6. The van der Waals surface area contributed by atoms with Crippen LogP contribution in [0.1, 0.15) is 12.0 Å². The highest BCUT2D eigenvalue weighted by atomic mass is 35.5. The Morgan fingerprint density at radius 1 is 0.900 bits per heavy atom. The first-order valence-corrected chi connectivity index (χ1v) is 14.4. The zero-order valence-electron chi connectivity index (χ0n) is 22.7. The van der Waals surface area contributed by atoms with E-state index in [9.17, 15) is 4.79 Å². The van der Waals surface area contributed by atoms with Crippen molar-refractivity contribution in [1.29, 1.82) is 0 Å². The molecule has 2 heterocycles. The first-order chi connectivity index (χ1) is 19.4.